The van der Waals surface area contributed by atoms with E-state index >= 15 is 0 Å². The van der Waals surface area contributed by atoms with Gasteiger partial charge in [-0.1, -0.05) is 6.92 Å². The van der Waals surface area contributed by atoms with Gasteiger partial charge in [0.05, 0.1) is 5.69 Å². The van der Waals surface area contributed by atoms with Crippen LogP contribution in [0.4, 0.5) is 5.69 Å². The topological polar surface area (TPSA) is 36.4 Å². The van der Waals surface area contributed by atoms with Crippen LogP contribution in [-0.2, 0) is 0 Å². The third-order valence-corrected chi connectivity index (χ3v) is 4.27. The fraction of sp³-hybridized carbons (Fsp3) is 0.500. The highest BCUT2D eigenvalue weighted by Crippen LogP contribution is 2.38. The largest absolute Gasteiger partial charge is 0.353 e. The van der Waals surface area contributed by atoms with Crippen LogP contribution in [0.2, 0.25) is 0 Å². The summed E-state index contributed by atoms with van der Waals surface area (Å²) < 4.78 is 5.65. The zero-order valence-electron chi connectivity index (χ0n) is 9.13. The van der Waals surface area contributed by atoms with E-state index in [1.807, 2.05) is 0 Å². The van der Waals surface area contributed by atoms with Gasteiger partial charge in [-0.05, 0) is 26.3 Å². The van der Waals surface area contributed by atoms with Gasteiger partial charge in [0, 0.05) is 22.9 Å². The normalized spacial score (nSPS) is 16.3. The predicted octanol–water partition coefficient (Wildman–Crippen LogP) is 3.23. The van der Waals surface area contributed by atoms with Crippen molar-refractivity contribution in [1.82, 2.24) is 5.32 Å². The maximum Gasteiger partial charge on any atom is 0.208 e. The van der Waals surface area contributed by atoms with Gasteiger partial charge in [-0.3, -0.25) is 0 Å². The minimum atomic E-state index is 0.457. The zero-order chi connectivity index (χ0) is 10.8. The Kier molecular flexibility index (Phi) is 3.21. The van der Waals surface area contributed by atoms with Gasteiger partial charge in [-0.2, -0.15) is 4.40 Å². The molecular formula is C10H15N3S2. The Morgan fingerprint density at radius 2 is 2.40 bits per heavy atom. The number of thiophene rings is 1. The molecular weight excluding hydrogens is 226 g/mol. The fourth-order valence-corrected chi connectivity index (χ4v) is 3.11. The molecule has 0 bridgehead atoms. The molecule has 0 saturated carbocycles. The molecule has 1 aliphatic rings. The van der Waals surface area contributed by atoms with Crippen molar-refractivity contribution in [1.29, 1.82) is 0 Å². The summed E-state index contributed by atoms with van der Waals surface area (Å²) in [7, 11) is 0. The van der Waals surface area contributed by atoms with Gasteiger partial charge in [-0.15, -0.1) is 11.3 Å². The molecule has 5 heteroatoms. The second-order valence-electron chi connectivity index (χ2n) is 3.67. The summed E-state index contributed by atoms with van der Waals surface area (Å²) in [4.78, 5) is 1.32. The second kappa shape index (κ2) is 4.45. The molecule has 0 radical (unpaired) electrons. The molecule has 1 unspecified atom stereocenters. The molecule has 0 aliphatic carbocycles. The number of nitrogens with zero attached hydrogens (tertiary/aromatic N) is 1. The van der Waals surface area contributed by atoms with E-state index in [4.69, 9.17) is 0 Å². The molecule has 0 aromatic carbocycles. The molecule has 2 N–H and O–H groups in total. The van der Waals surface area contributed by atoms with E-state index in [1.165, 1.54) is 14.8 Å². The molecule has 1 aromatic rings. The van der Waals surface area contributed by atoms with Crippen molar-refractivity contribution >= 4 is 34.9 Å². The van der Waals surface area contributed by atoms with E-state index in [0.717, 1.165) is 12.4 Å². The predicted molar refractivity (Wildman–Crippen MR) is 68.9 cm³/mol. The van der Waals surface area contributed by atoms with Gasteiger partial charge in [0.15, 0.2) is 0 Å². The van der Waals surface area contributed by atoms with Crippen LogP contribution in [0.1, 0.15) is 25.1 Å². The second-order valence-corrected chi connectivity index (χ2v) is 5.96. The Morgan fingerprint density at radius 1 is 1.60 bits per heavy atom. The average Bonchev–Trinajstić information content (AvgIpc) is 2.57. The number of hydrogen-bond acceptors (Lipinski definition) is 5. The van der Waals surface area contributed by atoms with Crippen LogP contribution < -0.4 is 10.6 Å². The smallest absolute Gasteiger partial charge is 0.208 e. The molecule has 1 aliphatic heterocycles. The molecule has 0 saturated heterocycles. The molecule has 0 fully saturated rings. The van der Waals surface area contributed by atoms with E-state index in [0.29, 0.717) is 6.04 Å². The lowest BCUT2D eigenvalue weighted by atomic mass is 10.3. The fourth-order valence-electron chi connectivity index (χ4n) is 1.28. The summed E-state index contributed by atoms with van der Waals surface area (Å²) in [5.41, 5.74) is 1.18. The molecule has 1 aromatic heterocycles. The number of aryl methyl sites for hydroxylation is 1. The number of anilines is 1. The van der Waals surface area contributed by atoms with Crippen molar-refractivity contribution in [2.45, 2.75) is 37.4 Å². The summed E-state index contributed by atoms with van der Waals surface area (Å²) in [6.45, 7) is 6.44. The van der Waals surface area contributed by atoms with Crippen LogP contribution in [0, 0.1) is 6.92 Å². The quantitative estimate of drug-likeness (QED) is 0.780. The molecule has 0 spiro atoms. The first-order valence-corrected chi connectivity index (χ1v) is 6.67. The lowest BCUT2D eigenvalue weighted by molar-refractivity contribution is 0.641. The Hall–Kier alpha value is -0.680. The van der Waals surface area contributed by atoms with Gasteiger partial charge in [-0.25, -0.2) is 0 Å². The molecule has 3 nitrogen and oxygen atoms in total. The lowest BCUT2D eigenvalue weighted by Crippen LogP contribution is -2.37. The van der Waals surface area contributed by atoms with Crippen molar-refractivity contribution < 1.29 is 0 Å². The highest BCUT2D eigenvalue weighted by molar-refractivity contribution is 8.00. The molecule has 15 heavy (non-hydrogen) atoms. The van der Waals surface area contributed by atoms with Crippen LogP contribution >= 0.6 is 23.3 Å². The van der Waals surface area contributed by atoms with Crippen molar-refractivity contribution in [3.8, 4) is 0 Å². The minimum Gasteiger partial charge on any atom is -0.353 e. The Labute approximate surface area is 98.5 Å². The molecule has 1 atom stereocenters. The summed E-state index contributed by atoms with van der Waals surface area (Å²) in [6, 6.07) is 2.62. The van der Waals surface area contributed by atoms with Gasteiger partial charge >= 0.3 is 0 Å². The maximum atomic E-state index is 4.39. The SMILES string of the molecule is CCC(C)NC1=NSc2sc(C)cc2N1. The van der Waals surface area contributed by atoms with Gasteiger partial charge in [0.2, 0.25) is 5.96 Å². The first-order valence-electron chi connectivity index (χ1n) is 5.08. The summed E-state index contributed by atoms with van der Waals surface area (Å²) in [5, 5.41) is 6.65. The molecule has 0 amide bonds. The van der Waals surface area contributed by atoms with Gasteiger partial charge in [0.1, 0.15) is 4.21 Å². The van der Waals surface area contributed by atoms with E-state index in [9.17, 15) is 0 Å². The number of nitrogens with one attached hydrogen (secondary N) is 2. The van der Waals surface area contributed by atoms with Gasteiger partial charge in [0.25, 0.3) is 0 Å². The van der Waals surface area contributed by atoms with Crippen molar-refractivity contribution in [2.24, 2.45) is 4.40 Å². The first-order chi connectivity index (χ1) is 7.19. The van der Waals surface area contributed by atoms with Crippen LogP contribution in [0.15, 0.2) is 14.7 Å². The zero-order valence-corrected chi connectivity index (χ0v) is 10.8. The Balaban J connectivity index is 2.05. The number of fused-ring (bicyclic) bond motifs is 1. The average molecular weight is 241 g/mol. The number of rotatable bonds is 2. The highest BCUT2D eigenvalue weighted by atomic mass is 32.2. The van der Waals surface area contributed by atoms with Crippen LogP contribution in [0.5, 0.6) is 0 Å². The highest BCUT2D eigenvalue weighted by Gasteiger charge is 2.15. The molecule has 82 valence electrons. The summed E-state index contributed by atoms with van der Waals surface area (Å²) in [5.74, 6) is 0.875. The standard InChI is InChI=1S/C10H15N3S2/c1-4-6(2)11-10-12-8-5-7(3)14-9(8)15-13-10/h5-6H,4H2,1-3H3,(H2,11,12,13). The third-order valence-electron chi connectivity index (χ3n) is 2.29. The Morgan fingerprint density at radius 3 is 3.13 bits per heavy atom. The van der Waals surface area contributed by atoms with E-state index in [-0.39, 0.29) is 0 Å². The lowest BCUT2D eigenvalue weighted by Gasteiger charge is -2.18. The summed E-state index contributed by atoms with van der Waals surface area (Å²) in [6.07, 6.45) is 1.10. The Bertz CT molecular complexity index is 384. The van der Waals surface area contributed by atoms with Crippen molar-refractivity contribution in [3.05, 3.63) is 10.9 Å². The van der Waals surface area contributed by atoms with Crippen LogP contribution in [0.3, 0.4) is 0 Å². The van der Waals surface area contributed by atoms with E-state index in [2.05, 4.69) is 41.9 Å². The minimum absolute atomic E-state index is 0.457. The van der Waals surface area contributed by atoms with Crippen molar-refractivity contribution in [3.63, 3.8) is 0 Å². The van der Waals surface area contributed by atoms with E-state index in [1.54, 1.807) is 23.3 Å². The number of hydrogen-bond donors (Lipinski definition) is 2. The third kappa shape index (κ3) is 2.46. The summed E-state index contributed by atoms with van der Waals surface area (Å²) >= 11 is 3.33. The number of guanidine groups is 1. The molecule has 2 rings (SSSR count). The monoisotopic (exact) mass is 241 g/mol. The van der Waals surface area contributed by atoms with E-state index < -0.39 is 0 Å². The van der Waals surface area contributed by atoms with Crippen LogP contribution in [0.25, 0.3) is 0 Å². The first kappa shape index (κ1) is 10.8. The van der Waals surface area contributed by atoms with Crippen LogP contribution in [-0.4, -0.2) is 12.0 Å². The maximum absolute atomic E-state index is 4.39. The van der Waals surface area contributed by atoms with Gasteiger partial charge < -0.3 is 10.6 Å². The molecule has 2 heterocycles. The van der Waals surface area contributed by atoms with Crippen molar-refractivity contribution in [2.75, 3.05) is 5.32 Å².